The first kappa shape index (κ1) is 20.7. The number of fused-ring (bicyclic) bond motifs is 4. The summed E-state index contributed by atoms with van der Waals surface area (Å²) in [5, 5.41) is 1.15. The lowest BCUT2D eigenvalue weighted by atomic mass is 9.92. The largest absolute Gasteiger partial charge is 0.488 e. The predicted octanol–water partition coefficient (Wildman–Crippen LogP) is 7.35. The summed E-state index contributed by atoms with van der Waals surface area (Å²) in [5.41, 5.74) is 8.03. The van der Waals surface area contributed by atoms with Crippen LogP contribution in [-0.2, 0) is 6.61 Å². The topological polar surface area (TPSA) is 52.3 Å². The first-order chi connectivity index (χ1) is 16.5. The molecule has 0 N–H and O–H groups in total. The van der Waals surface area contributed by atoms with E-state index in [1.807, 2.05) is 62.4 Å². The SMILES string of the molecule is Cc1ccc(-c2cc(-c3coc4ccc(C)cc4c3=O)c3c(n2)-c2cc(Cl)ccc2OC3)cc1. The normalized spacial score (nSPS) is 12.2. The molecule has 0 unspecified atom stereocenters. The minimum Gasteiger partial charge on any atom is -0.488 e. The van der Waals surface area contributed by atoms with E-state index in [1.165, 1.54) is 0 Å². The lowest BCUT2D eigenvalue weighted by molar-refractivity contribution is 0.302. The lowest BCUT2D eigenvalue weighted by Gasteiger charge is -2.23. The van der Waals surface area contributed by atoms with Crippen LogP contribution in [0, 0.1) is 13.8 Å². The highest BCUT2D eigenvalue weighted by Crippen LogP contribution is 2.42. The Balaban J connectivity index is 1.67. The van der Waals surface area contributed by atoms with E-state index in [0.29, 0.717) is 28.2 Å². The van der Waals surface area contributed by atoms with E-state index in [2.05, 4.69) is 12.1 Å². The molecule has 0 radical (unpaired) electrons. The zero-order chi connectivity index (χ0) is 23.4. The third-order valence-corrected chi connectivity index (χ3v) is 6.49. The van der Waals surface area contributed by atoms with Gasteiger partial charge in [0.15, 0.2) is 0 Å². The van der Waals surface area contributed by atoms with Crippen LogP contribution in [0.1, 0.15) is 16.7 Å². The maximum atomic E-state index is 13.6. The Morgan fingerprint density at radius 2 is 1.65 bits per heavy atom. The monoisotopic (exact) mass is 465 g/mol. The van der Waals surface area contributed by atoms with E-state index >= 15 is 0 Å². The first-order valence-corrected chi connectivity index (χ1v) is 11.4. The first-order valence-electron chi connectivity index (χ1n) is 11.0. The number of aryl methyl sites for hydroxylation is 2. The molecule has 1 aliphatic rings. The van der Waals surface area contributed by atoms with E-state index in [9.17, 15) is 4.79 Å². The van der Waals surface area contributed by atoms with Gasteiger partial charge < -0.3 is 9.15 Å². The van der Waals surface area contributed by atoms with Crippen LogP contribution >= 0.6 is 11.6 Å². The second-order valence-corrected chi connectivity index (χ2v) is 9.09. The molecule has 166 valence electrons. The highest BCUT2D eigenvalue weighted by molar-refractivity contribution is 6.31. The summed E-state index contributed by atoms with van der Waals surface area (Å²) < 4.78 is 11.9. The van der Waals surface area contributed by atoms with E-state index in [-0.39, 0.29) is 5.43 Å². The third-order valence-electron chi connectivity index (χ3n) is 6.26. The molecule has 34 heavy (non-hydrogen) atoms. The summed E-state index contributed by atoms with van der Waals surface area (Å²) in [4.78, 5) is 18.6. The molecule has 4 nitrogen and oxygen atoms in total. The van der Waals surface area contributed by atoms with Crippen molar-refractivity contribution >= 4 is 22.6 Å². The fourth-order valence-electron chi connectivity index (χ4n) is 4.45. The van der Waals surface area contributed by atoms with Gasteiger partial charge >= 0.3 is 0 Å². The molecule has 6 rings (SSSR count). The van der Waals surface area contributed by atoms with Crippen molar-refractivity contribution in [3.63, 3.8) is 0 Å². The number of ether oxygens (including phenoxy) is 1. The van der Waals surface area contributed by atoms with Gasteiger partial charge in [0.25, 0.3) is 0 Å². The average Bonchev–Trinajstić information content (AvgIpc) is 2.84. The molecule has 1 aliphatic heterocycles. The van der Waals surface area contributed by atoms with Gasteiger partial charge in [0.2, 0.25) is 5.43 Å². The maximum absolute atomic E-state index is 13.6. The fraction of sp³-hybridized carbons (Fsp3) is 0.103. The van der Waals surface area contributed by atoms with Crippen LogP contribution in [0.25, 0.3) is 44.6 Å². The Kier molecular flexibility index (Phi) is 4.78. The Labute approximate surface area is 201 Å². The van der Waals surface area contributed by atoms with Crippen LogP contribution < -0.4 is 10.2 Å². The Hall–Kier alpha value is -3.89. The summed E-state index contributed by atoms with van der Waals surface area (Å²) in [5.74, 6) is 0.720. The van der Waals surface area contributed by atoms with Crippen molar-refractivity contribution in [2.24, 2.45) is 0 Å². The maximum Gasteiger partial charge on any atom is 0.200 e. The summed E-state index contributed by atoms with van der Waals surface area (Å²) in [6.07, 6.45) is 1.54. The van der Waals surface area contributed by atoms with Crippen LogP contribution in [0.15, 0.2) is 82.2 Å². The van der Waals surface area contributed by atoms with Crippen molar-refractivity contribution in [3.8, 4) is 39.4 Å². The Bertz CT molecular complexity index is 1650. The predicted molar refractivity (Wildman–Crippen MR) is 135 cm³/mol. The van der Waals surface area contributed by atoms with Crippen molar-refractivity contribution in [2.45, 2.75) is 20.5 Å². The van der Waals surface area contributed by atoms with Crippen molar-refractivity contribution in [3.05, 3.63) is 105 Å². The minimum atomic E-state index is -0.0786. The van der Waals surface area contributed by atoms with Gasteiger partial charge in [-0.15, -0.1) is 0 Å². The van der Waals surface area contributed by atoms with E-state index in [1.54, 1.807) is 12.3 Å². The summed E-state index contributed by atoms with van der Waals surface area (Å²) in [7, 11) is 0. The second-order valence-electron chi connectivity index (χ2n) is 8.66. The second kappa shape index (κ2) is 7.86. The van der Waals surface area contributed by atoms with Crippen molar-refractivity contribution < 1.29 is 9.15 Å². The van der Waals surface area contributed by atoms with Gasteiger partial charge in [0.05, 0.1) is 22.3 Å². The van der Waals surface area contributed by atoms with Gasteiger partial charge in [-0.2, -0.15) is 0 Å². The van der Waals surface area contributed by atoms with Gasteiger partial charge in [-0.05, 0) is 55.8 Å². The van der Waals surface area contributed by atoms with Gasteiger partial charge in [0.1, 0.15) is 24.2 Å². The highest BCUT2D eigenvalue weighted by Gasteiger charge is 2.25. The fourth-order valence-corrected chi connectivity index (χ4v) is 4.62. The smallest absolute Gasteiger partial charge is 0.200 e. The number of rotatable bonds is 2. The van der Waals surface area contributed by atoms with E-state index in [4.69, 9.17) is 25.7 Å². The van der Waals surface area contributed by atoms with E-state index in [0.717, 1.165) is 50.5 Å². The van der Waals surface area contributed by atoms with Gasteiger partial charge in [-0.3, -0.25) is 4.79 Å². The van der Waals surface area contributed by atoms with Gasteiger partial charge in [0, 0.05) is 21.7 Å². The molecule has 2 aromatic heterocycles. The molecule has 0 saturated heterocycles. The third kappa shape index (κ3) is 3.39. The minimum absolute atomic E-state index is 0.0786. The number of benzene rings is 3. The summed E-state index contributed by atoms with van der Waals surface area (Å²) in [6, 6.07) is 21.3. The molecule has 3 heterocycles. The molecule has 0 saturated carbocycles. The van der Waals surface area contributed by atoms with Crippen molar-refractivity contribution in [1.82, 2.24) is 4.98 Å². The Morgan fingerprint density at radius 3 is 2.47 bits per heavy atom. The summed E-state index contributed by atoms with van der Waals surface area (Å²) >= 11 is 6.33. The molecule has 0 spiro atoms. The molecule has 0 atom stereocenters. The molecule has 3 aromatic carbocycles. The van der Waals surface area contributed by atoms with Crippen LogP contribution in [-0.4, -0.2) is 4.98 Å². The number of hydrogen-bond donors (Lipinski definition) is 0. The van der Waals surface area contributed by atoms with Gasteiger partial charge in [-0.25, -0.2) is 4.98 Å². The Morgan fingerprint density at radius 1 is 0.853 bits per heavy atom. The van der Waals surface area contributed by atoms with Crippen molar-refractivity contribution in [1.29, 1.82) is 0 Å². The number of hydrogen-bond acceptors (Lipinski definition) is 4. The highest BCUT2D eigenvalue weighted by atomic mass is 35.5. The molecule has 5 aromatic rings. The van der Waals surface area contributed by atoms with Gasteiger partial charge in [-0.1, -0.05) is 53.1 Å². The average molecular weight is 466 g/mol. The quantitative estimate of drug-likeness (QED) is 0.273. The molecule has 0 amide bonds. The zero-order valence-electron chi connectivity index (χ0n) is 18.7. The molecular formula is C29H20ClNO3. The zero-order valence-corrected chi connectivity index (χ0v) is 19.4. The van der Waals surface area contributed by atoms with Crippen LogP contribution in [0.4, 0.5) is 0 Å². The molecule has 5 heteroatoms. The number of aromatic nitrogens is 1. The molecular weight excluding hydrogens is 446 g/mol. The van der Waals surface area contributed by atoms with E-state index < -0.39 is 0 Å². The van der Waals surface area contributed by atoms with Crippen LogP contribution in [0.5, 0.6) is 5.75 Å². The van der Waals surface area contributed by atoms with Crippen LogP contribution in [0.2, 0.25) is 5.02 Å². The number of halogens is 1. The lowest BCUT2D eigenvalue weighted by Crippen LogP contribution is -2.13. The molecule has 0 bridgehead atoms. The standard InChI is InChI=1S/C29H20ClNO3/c1-16-3-6-18(7-4-16)25-13-20(24-15-34-27-9-5-17(2)11-22(27)29(24)32)23-14-33-26-10-8-19(30)12-21(26)28(23)31-25/h3-13,15H,14H2,1-2H3. The molecule has 0 fully saturated rings. The number of pyridine rings is 1. The molecule has 0 aliphatic carbocycles. The van der Waals surface area contributed by atoms with Crippen molar-refractivity contribution in [2.75, 3.05) is 0 Å². The number of nitrogens with zero attached hydrogens (tertiary/aromatic N) is 1. The van der Waals surface area contributed by atoms with Crippen LogP contribution in [0.3, 0.4) is 0 Å². The summed E-state index contributed by atoms with van der Waals surface area (Å²) in [6.45, 7) is 4.31.